The molecule has 34 heavy (non-hydrogen) atoms. The highest BCUT2D eigenvalue weighted by atomic mass is 32.2. The van der Waals surface area contributed by atoms with E-state index in [4.69, 9.17) is 4.74 Å². The molecule has 2 aromatic carbocycles. The van der Waals surface area contributed by atoms with Gasteiger partial charge in [0.25, 0.3) is 0 Å². The van der Waals surface area contributed by atoms with Crippen molar-refractivity contribution >= 4 is 23.1 Å². The van der Waals surface area contributed by atoms with Crippen LogP contribution in [0.5, 0.6) is 0 Å². The maximum atomic E-state index is 13.4. The van der Waals surface area contributed by atoms with Crippen LogP contribution in [0.4, 0.5) is 24.5 Å². The minimum absolute atomic E-state index is 0.313. The summed E-state index contributed by atoms with van der Waals surface area (Å²) in [6, 6.07) is 12.1. The molecule has 0 saturated carbocycles. The average molecular weight is 493 g/mol. The summed E-state index contributed by atoms with van der Waals surface area (Å²) in [5, 5.41) is 0. The van der Waals surface area contributed by atoms with Crippen LogP contribution in [0.1, 0.15) is 57.4 Å². The van der Waals surface area contributed by atoms with Crippen LogP contribution >= 0.6 is 11.8 Å². The molecular formula is C27H35F3N2OS. The van der Waals surface area contributed by atoms with Crippen molar-refractivity contribution in [3.63, 3.8) is 0 Å². The third-order valence-corrected chi connectivity index (χ3v) is 7.77. The van der Waals surface area contributed by atoms with Crippen molar-refractivity contribution in [2.45, 2.75) is 73.9 Å². The summed E-state index contributed by atoms with van der Waals surface area (Å²) in [7, 11) is 0. The Bertz CT molecular complexity index is 936. The van der Waals surface area contributed by atoms with Gasteiger partial charge in [-0.1, -0.05) is 56.5 Å². The van der Waals surface area contributed by atoms with Crippen molar-refractivity contribution in [3.8, 4) is 0 Å². The molecular weight excluding hydrogens is 457 g/mol. The zero-order valence-electron chi connectivity index (χ0n) is 19.9. The molecule has 7 heteroatoms. The topological polar surface area (TPSA) is 15.7 Å². The van der Waals surface area contributed by atoms with Crippen LogP contribution in [0.15, 0.2) is 52.3 Å². The number of hydrogen-bond donors (Lipinski definition) is 0. The lowest BCUT2D eigenvalue weighted by Gasteiger charge is -2.33. The van der Waals surface area contributed by atoms with Crippen LogP contribution in [-0.2, 0) is 10.9 Å². The number of likely N-dealkylation sites (tertiary alicyclic amines) is 1. The Morgan fingerprint density at radius 2 is 1.74 bits per heavy atom. The average Bonchev–Trinajstić information content (AvgIpc) is 3.27. The van der Waals surface area contributed by atoms with Gasteiger partial charge in [0.1, 0.15) is 0 Å². The molecule has 0 aromatic heterocycles. The van der Waals surface area contributed by atoms with Crippen molar-refractivity contribution in [3.05, 3.63) is 48.0 Å². The number of alkyl halides is 3. The van der Waals surface area contributed by atoms with Gasteiger partial charge < -0.3 is 14.5 Å². The van der Waals surface area contributed by atoms with E-state index in [1.54, 1.807) is 17.8 Å². The number of unbranched alkanes of at least 4 members (excludes halogenated alkanes) is 4. The lowest BCUT2D eigenvalue weighted by Crippen LogP contribution is -2.29. The van der Waals surface area contributed by atoms with Gasteiger partial charge in [-0.05, 0) is 56.1 Å². The van der Waals surface area contributed by atoms with E-state index in [0.29, 0.717) is 18.3 Å². The van der Waals surface area contributed by atoms with E-state index < -0.39 is 11.7 Å². The Balaban J connectivity index is 1.32. The highest BCUT2D eigenvalue weighted by Crippen LogP contribution is 2.49. The van der Waals surface area contributed by atoms with E-state index in [9.17, 15) is 13.2 Å². The lowest BCUT2D eigenvalue weighted by molar-refractivity contribution is -0.137. The maximum Gasteiger partial charge on any atom is 0.416 e. The monoisotopic (exact) mass is 492 g/mol. The molecule has 2 aromatic rings. The van der Waals surface area contributed by atoms with Crippen LogP contribution in [-0.4, -0.2) is 43.8 Å². The van der Waals surface area contributed by atoms with E-state index in [2.05, 4.69) is 16.7 Å². The first-order valence-electron chi connectivity index (χ1n) is 12.6. The largest absolute Gasteiger partial charge is 0.416 e. The van der Waals surface area contributed by atoms with E-state index in [0.717, 1.165) is 61.0 Å². The fourth-order valence-electron chi connectivity index (χ4n) is 4.79. The van der Waals surface area contributed by atoms with Gasteiger partial charge in [0, 0.05) is 36.0 Å². The fraction of sp³-hybridized carbons (Fsp3) is 0.556. The number of ether oxygens (including phenoxy) is 1. The second kappa shape index (κ2) is 11.8. The smallest absolute Gasteiger partial charge is 0.377 e. The van der Waals surface area contributed by atoms with Crippen LogP contribution in [0.3, 0.4) is 0 Å². The second-order valence-electron chi connectivity index (χ2n) is 9.25. The van der Waals surface area contributed by atoms with Gasteiger partial charge in [0.05, 0.1) is 23.0 Å². The molecule has 1 saturated heterocycles. The number of anilines is 2. The van der Waals surface area contributed by atoms with Gasteiger partial charge >= 0.3 is 6.18 Å². The summed E-state index contributed by atoms with van der Waals surface area (Å²) in [5.74, 6) is 0. The summed E-state index contributed by atoms with van der Waals surface area (Å²) >= 11 is 1.54. The van der Waals surface area contributed by atoms with Crippen molar-refractivity contribution in [2.75, 3.05) is 37.7 Å². The molecule has 0 aliphatic carbocycles. The Morgan fingerprint density at radius 1 is 0.941 bits per heavy atom. The second-order valence-corrected chi connectivity index (χ2v) is 10.3. The third-order valence-electron chi connectivity index (χ3n) is 6.64. The number of halogens is 3. The number of rotatable bonds is 11. The van der Waals surface area contributed by atoms with Crippen LogP contribution in [0.2, 0.25) is 0 Å². The molecule has 1 unspecified atom stereocenters. The molecule has 0 bridgehead atoms. The number of para-hydroxylation sites is 1. The highest BCUT2D eigenvalue weighted by Gasteiger charge is 2.33. The molecule has 4 rings (SSSR count). The molecule has 2 aliphatic rings. The Kier molecular flexibility index (Phi) is 8.83. The molecule has 186 valence electrons. The number of nitrogens with zero attached hydrogens (tertiary/aromatic N) is 2. The van der Waals surface area contributed by atoms with Crippen LogP contribution in [0.25, 0.3) is 0 Å². The normalized spacial score (nSPS) is 18.2. The number of benzene rings is 2. The van der Waals surface area contributed by atoms with E-state index >= 15 is 0 Å². The first-order chi connectivity index (χ1) is 16.5. The van der Waals surface area contributed by atoms with Crippen LogP contribution < -0.4 is 4.90 Å². The van der Waals surface area contributed by atoms with Gasteiger partial charge in [-0.2, -0.15) is 13.2 Å². The van der Waals surface area contributed by atoms with Gasteiger partial charge in [-0.25, -0.2) is 0 Å². The zero-order chi connectivity index (χ0) is 24.0. The van der Waals surface area contributed by atoms with Crippen molar-refractivity contribution in [1.82, 2.24) is 4.90 Å². The molecule has 0 N–H and O–H groups in total. The standard InChI is InChI=1S/C27H35F3N2OS/c1-2-3-4-5-8-18-33-22-14-17-31(20-22)15-9-16-32-23-10-6-7-11-25(23)34-26-13-12-21(19-24(26)32)27(28,29)30/h6-7,10-13,19,22H,2-5,8-9,14-18,20H2,1H3. The minimum atomic E-state index is -4.34. The molecule has 2 aliphatic heterocycles. The number of hydrogen-bond acceptors (Lipinski definition) is 4. The Labute approximate surface area is 205 Å². The summed E-state index contributed by atoms with van der Waals surface area (Å²) in [4.78, 5) is 6.46. The SMILES string of the molecule is CCCCCCCOC1CCN(CCCN2c3ccccc3Sc3ccc(C(F)(F)F)cc32)C1. The summed E-state index contributed by atoms with van der Waals surface area (Å²) < 4.78 is 46.3. The molecule has 1 fully saturated rings. The van der Waals surface area contributed by atoms with E-state index in [-0.39, 0.29) is 0 Å². The Morgan fingerprint density at radius 3 is 2.56 bits per heavy atom. The minimum Gasteiger partial charge on any atom is -0.377 e. The van der Waals surface area contributed by atoms with E-state index in [1.807, 2.05) is 24.3 Å². The predicted molar refractivity (Wildman–Crippen MR) is 133 cm³/mol. The molecule has 3 nitrogen and oxygen atoms in total. The third kappa shape index (κ3) is 6.49. The lowest BCUT2D eigenvalue weighted by atomic mass is 10.1. The molecule has 0 amide bonds. The molecule has 0 radical (unpaired) electrons. The first kappa shape index (κ1) is 25.4. The van der Waals surface area contributed by atoms with Crippen molar-refractivity contribution in [2.24, 2.45) is 0 Å². The molecule has 0 spiro atoms. The van der Waals surface area contributed by atoms with Gasteiger partial charge in [-0.15, -0.1) is 0 Å². The van der Waals surface area contributed by atoms with E-state index in [1.165, 1.54) is 37.8 Å². The summed E-state index contributed by atoms with van der Waals surface area (Å²) in [5.41, 5.74) is 1.06. The van der Waals surface area contributed by atoms with Gasteiger partial charge in [0.2, 0.25) is 0 Å². The zero-order valence-corrected chi connectivity index (χ0v) is 20.8. The quantitative estimate of drug-likeness (QED) is 0.298. The van der Waals surface area contributed by atoms with Gasteiger partial charge in [0.15, 0.2) is 0 Å². The van der Waals surface area contributed by atoms with Gasteiger partial charge in [-0.3, -0.25) is 0 Å². The predicted octanol–water partition coefficient (Wildman–Crippen LogP) is 7.76. The molecule has 2 heterocycles. The fourth-order valence-corrected chi connectivity index (χ4v) is 5.87. The molecule has 1 atom stereocenters. The first-order valence-corrected chi connectivity index (χ1v) is 13.4. The highest BCUT2D eigenvalue weighted by molar-refractivity contribution is 7.99. The van der Waals surface area contributed by atoms with Crippen molar-refractivity contribution < 1.29 is 17.9 Å². The summed E-state index contributed by atoms with van der Waals surface area (Å²) in [6.07, 6.45) is 4.17. The number of fused-ring (bicyclic) bond motifs is 2. The van der Waals surface area contributed by atoms with Crippen molar-refractivity contribution in [1.29, 1.82) is 0 Å². The summed E-state index contributed by atoms with van der Waals surface area (Å²) in [6.45, 7) is 6.67. The Hall–Kier alpha value is -1.70. The maximum absolute atomic E-state index is 13.4. The van der Waals surface area contributed by atoms with Crippen LogP contribution in [0, 0.1) is 0 Å².